The van der Waals surface area contributed by atoms with Gasteiger partial charge in [0.1, 0.15) is 5.75 Å². The molecule has 0 aliphatic carbocycles. The molecular weight excluding hydrogens is 254 g/mol. The molecule has 1 aromatic carbocycles. The van der Waals surface area contributed by atoms with Gasteiger partial charge in [-0.05, 0) is 37.1 Å². The molecule has 1 rings (SSSR count). The summed E-state index contributed by atoms with van der Waals surface area (Å²) in [6, 6.07) is 8.03. The highest BCUT2D eigenvalue weighted by molar-refractivity contribution is 5.69. The molecule has 0 bridgehead atoms. The van der Waals surface area contributed by atoms with Gasteiger partial charge in [0, 0.05) is 13.1 Å². The average molecular weight is 279 g/mol. The Morgan fingerprint density at radius 1 is 1.30 bits per heavy atom. The van der Waals surface area contributed by atoms with Crippen molar-refractivity contribution in [3.05, 3.63) is 29.8 Å². The Kier molecular flexibility index (Phi) is 7.09. The van der Waals surface area contributed by atoms with E-state index in [4.69, 9.17) is 9.84 Å². The molecule has 1 unspecified atom stereocenters. The van der Waals surface area contributed by atoms with Crippen molar-refractivity contribution in [1.82, 2.24) is 4.90 Å². The minimum Gasteiger partial charge on any atom is -0.497 e. The molecule has 0 amide bonds. The Balaban J connectivity index is 2.50. The molecule has 0 heterocycles. The minimum absolute atomic E-state index is 0.322. The van der Waals surface area contributed by atoms with Crippen LogP contribution in [-0.4, -0.2) is 42.7 Å². The van der Waals surface area contributed by atoms with Gasteiger partial charge in [-0.25, -0.2) is 0 Å². The standard InChI is InChI=1S/C16H25NO3/c1-4-10-17(12-13(2)16(18)19)11-9-14-5-7-15(20-3)8-6-14/h5-8,13H,4,9-12H2,1-3H3,(H,18,19). The number of carbonyl (C=O) groups is 1. The van der Waals surface area contributed by atoms with Crippen molar-refractivity contribution in [2.24, 2.45) is 5.92 Å². The van der Waals surface area contributed by atoms with Gasteiger partial charge in [0.25, 0.3) is 0 Å². The lowest BCUT2D eigenvalue weighted by Crippen LogP contribution is -2.34. The van der Waals surface area contributed by atoms with Gasteiger partial charge in [-0.2, -0.15) is 0 Å². The summed E-state index contributed by atoms with van der Waals surface area (Å²) in [6.07, 6.45) is 1.96. The predicted molar refractivity (Wildman–Crippen MR) is 80.2 cm³/mol. The molecule has 0 fully saturated rings. The van der Waals surface area contributed by atoms with E-state index in [1.165, 1.54) is 5.56 Å². The van der Waals surface area contributed by atoms with Crippen LogP contribution in [-0.2, 0) is 11.2 Å². The number of benzene rings is 1. The van der Waals surface area contributed by atoms with Crippen molar-refractivity contribution in [1.29, 1.82) is 0 Å². The normalized spacial score (nSPS) is 12.4. The molecule has 1 aromatic rings. The number of aliphatic carboxylic acids is 1. The van der Waals surface area contributed by atoms with Gasteiger partial charge in [0.05, 0.1) is 13.0 Å². The van der Waals surface area contributed by atoms with E-state index in [9.17, 15) is 4.79 Å². The van der Waals surface area contributed by atoms with Crippen molar-refractivity contribution >= 4 is 5.97 Å². The fraction of sp³-hybridized carbons (Fsp3) is 0.562. The number of rotatable bonds is 9. The van der Waals surface area contributed by atoms with E-state index in [1.54, 1.807) is 14.0 Å². The quantitative estimate of drug-likeness (QED) is 0.755. The zero-order valence-electron chi connectivity index (χ0n) is 12.6. The summed E-state index contributed by atoms with van der Waals surface area (Å²) in [4.78, 5) is 13.2. The maximum Gasteiger partial charge on any atom is 0.307 e. The van der Waals surface area contributed by atoms with Gasteiger partial charge < -0.3 is 14.7 Å². The monoisotopic (exact) mass is 279 g/mol. The number of methoxy groups -OCH3 is 1. The van der Waals surface area contributed by atoms with E-state index in [0.717, 1.165) is 31.7 Å². The van der Waals surface area contributed by atoms with E-state index >= 15 is 0 Å². The molecule has 0 aliphatic heterocycles. The van der Waals surface area contributed by atoms with E-state index in [2.05, 4.69) is 24.0 Å². The zero-order valence-corrected chi connectivity index (χ0v) is 12.6. The molecule has 20 heavy (non-hydrogen) atoms. The fourth-order valence-electron chi connectivity index (χ4n) is 2.16. The first-order valence-electron chi connectivity index (χ1n) is 7.15. The van der Waals surface area contributed by atoms with Crippen molar-refractivity contribution in [3.8, 4) is 5.75 Å². The summed E-state index contributed by atoms with van der Waals surface area (Å²) in [7, 11) is 1.66. The molecule has 0 saturated carbocycles. The molecule has 1 N–H and O–H groups in total. The number of hydrogen-bond donors (Lipinski definition) is 1. The van der Waals surface area contributed by atoms with Crippen molar-refractivity contribution in [3.63, 3.8) is 0 Å². The molecule has 112 valence electrons. The van der Waals surface area contributed by atoms with Gasteiger partial charge in [0.2, 0.25) is 0 Å². The maximum absolute atomic E-state index is 10.9. The van der Waals surface area contributed by atoms with Crippen molar-refractivity contribution in [2.75, 3.05) is 26.7 Å². The number of carboxylic acid groups (broad SMARTS) is 1. The molecule has 0 aromatic heterocycles. The van der Waals surface area contributed by atoms with Crippen LogP contribution in [0.5, 0.6) is 5.75 Å². The van der Waals surface area contributed by atoms with Gasteiger partial charge in [0.15, 0.2) is 0 Å². The highest BCUT2D eigenvalue weighted by Gasteiger charge is 2.15. The smallest absolute Gasteiger partial charge is 0.307 e. The second kappa shape index (κ2) is 8.59. The van der Waals surface area contributed by atoms with Crippen LogP contribution < -0.4 is 4.74 Å². The number of hydrogen-bond acceptors (Lipinski definition) is 3. The molecule has 0 saturated heterocycles. The first-order valence-corrected chi connectivity index (χ1v) is 7.15. The largest absolute Gasteiger partial charge is 0.497 e. The topological polar surface area (TPSA) is 49.8 Å². The van der Waals surface area contributed by atoms with E-state index in [-0.39, 0.29) is 5.92 Å². The summed E-state index contributed by atoms with van der Waals surface area (Å²) in [5.74, 6) is -0.188. The predicted octanol–water partition coefficient (Wildman–Crippen LogP) is 2.67. The van der Waals surface area contributed by atoms with Crippen LogP contribution in [0.2, 0.25) is 0 Å². The number of nitrogens with zero attached hydrogens (tertiary/aromatic N) is 1. The van der Waals surface area contributed by atoms with Gasteiger partial charge >= 0.3 is 5.97 Å². The van der Waals surface area contributed by atoms with Crippen LogP contribution in [0.1, 0.15) is 25.8 Å². The van der Waals surface area contributed by atoms with Crippen LogP contribution >= 0.6 is 0 Å². The lowest BCUT2D eigenvalue weighted by Gasteiger charge is -2.23. The summed E-state index contributed by atoms with van der Waals surface area (Å²) in [6.45, 7) is 6.31. The summed E-state index contributed by atoms with van der Waals surface area (Å²) >= 11 is 0. The van der Waals surface area contributed by atoms with Crippen LogP contribution in [0.15, 0.2) is 24.3 Å². The Hall–Kier alpha value is -1.55. The molecule has 0 radical (unpaired) electrons. The first-order chi connectivity index (χ1) is 9.56. The molecule has 0 spiro atoms. The molecule has 1 atom stereocenters. The summed E-state index contributed by atoms with van der Waals surface area (Å²) < 4.78 is 5.14. The molecule has 4 nitrogen and oxygen atoms in total. The van der Waals surface area contributed by atoms with E-state index in [1.807, 2.05) is 12.1 Å². The van der Waals surface area contributed by atoms with Crippen LogP contribution in [0, 0.1) is 5.92 Å². The van der Waals surface area contributed by atoms with Crippen LogP contribution in [0.3, 0.4) is 0 Å². The lowest BCUT2D eigenvalue weighted by atomic mass is 10.1. The number of ether oxygens (including phenoxy) is 1. The lowest BCUT2D eigenvalue weighted by molar-refractivity contribution is -0.141. The summed E-state index contributed by atoms with van der Waals surface area (Å²) in [5.41, 5.74) is 1.25. The summed E-state index contributed by atoms with van der Waals surface area (Å²) in [5, 5.41) is 9.00. The van der Waals surface area contributed by atoms with Gasteiger partial charge in [-0.1, -0.05) is 26.0 Å². The third-order valence-electron chi connectivity index (χ3n) is 3.37. The second-order valence-corrected chi connectivity index (χ2v) is 5.14. The molecule has 4 heteroatoms. The first kappa shape index (κ1) is 16.5. The Bertz CT molecular complexity index is 403. The fourth-order valence-corrected chi connectivity index (χ4v) is 2.16. The minimum atomic E-state index is -0.726. The maximum atomic E-state index is 10.9. The molecular formula is C16H25NO3. The van der Waals surface area contributed by atoms with Gasteiger partial charge in [-0.15, -0.1) is 0 Å². The Morgan fingerprint density at radius 3 is 2.45 bits per heavy atom. The third kappa shape index (κ3) is 5.61. The number of carboxylic acids is 1. The zero-order chi connectivity index (χ0) is 15.0. The van der Waals surface area contributed by atoms with Crippen LogP contribution in [0.25, 0.3) is 0 Å². The van der Waals surface area contributed by atoms with Crippen molar-refractivity contribution < 1.29 is 14.6 Å². The SMILES string of the molecule is CCCN(CCc1ccc(OC)cc1)CC(C)C(=O)O. The van der Waals surface area contributed by atoms with Crippen LogP contribution in [0.4, 0.5) is 0 Å². The average Bonchev–Trinajstić information content (AvgIpc) is 2.45. The van der Waals surface area contributed by atoms with Crippen molar-refractivity contribution in [2.45, 2.75) is 26.7 Å². The molecule has 0 aliphatic rings. The van der Waals surface area contributed by atoms with E-state index < -0.39 is 5.97 Å². The Labute approximate surface area is 121 Å². The second-order valence-electron chi connectivity index (χ2n) is 5.14. The highest BCUT2D eigenvalue weighted by Crippen LogP contribution is 2.12. The van der Waals surface area contributed by atoms with E-state index in [0.29, 0.717) is 6.54 Å². The highest BCUT2D eigenvalue weighted by atomic mass is 16.5. The van der Waals surface area contributed by atoms with Gasteiger partial charge in [-0.3, -0.25) is 4.79 Å². The third-order valence-corrected chi connectivity index (χ3v) is 3.37. The Morgan fingerprint density at radius 2 is 1.95 bits per heavy atom.